The Balaban J connectivity index is 1.33. The maximum Gasteiger partial charge on any atom is 0.237 e. The van der Waals surface area contributed by atoms with Crippen LogP contribution >= 0.6 is 0 Å². The van der Waals surface area contributed by atoms with E-state index in [1.807, 2.05) is 19.1 Å². The fourth-order valence-electron chi connectivity index (χ4n) is 5.35. The molecule has 0 spiro atoms. The van der Waals surface area contributed by atoms with E-state index in [9.17, 15) is 13.7 Å². The van der Waals surface area contributed by atoms with Crippen LogP contribution in [0.2, 0.25) is 0 Å². The Kier molecular flexibility index (Phi) is 8.55. The van der Waals surface area contributed by atoms with Crippen LogP contribution in [-0.2, 0) is 15.8 Å². The van der Waals surface area contributed by atoms with E-state index in [-0.39, 0.29) is 23.2 Å². The Morgan fingerprint density at radius 2 is 1.89 bits per heavy atom. The molecule has 0 bridgehead atoms. The Morgan fingerprint density at radius 1 is 1.04 bits per heavy atom. The molecule has 3 aromatic carbocycles. The predicted octanol–water partition coefficient (Wildman–Crippen LogP) is 5.91. The van der Waals surface area contributed by atoms with Gasteiger partial charge in [-0.05, 0) is 73.8 Å². The number of hydrogen-bond acceptors (Lipinski definition) is 9. The second kappa shape index (κ2) is 12.9. The summed E-state index contributed by atoms with van der Waals surface area (Å²) in [5.74, 6) is -0.0732. The SMILES string of the molecule is Cc1ccc2c(NS(=O)(=O)Cc3ccccc3C#N)c(F)ccc2c1Oc1ncccc1-c1ccnc(NC2CCCNC2)n1. The Hall–Kier alpha value is -5.12. The van der Waals surface area contributed by atoms with Crippen molar-refractivity contribution in [1.29, 1.82) is 5.26 Å². The Bertz CT molecular complexity index is 2030. The van der Waals surface area contributed by atoms with Gasteiger partial charge >= 0.3 is 0 Å². The van der Waals surface area contributed by atoms with E-state index < -0.39 is 21.6 Å². The smallest absolute Gasteiger partial charge is 0.237 e. The third-order valence-corrected chi connectivity index (χ3v) is 8.78. The minimum Gasteiger partial charge on any atom is -0.437 e. The lowest BCUT2D eigenvalue weighted by atomic mass is 10.0. The van der Waals surface area contributed by atoms with Crippen LogP contribution in [0, 0.1) is 24.1 Å². The van der Waals surface area contributed by atoms with E-state index in [2.05, 4.69) is 25.3 Å². The number of fused-ring (bicyclic) bond motifs is 1. The van der Waals surface area contributed by atoms with Gasteiger partial charge in [-0.15, -0.1) is 0 Å². The van der Waals surface area contributed by atoms with Crippen molar-refractivity contribution in [3.05, 3.63) is 102 Å². The van der Waals surface area contributed by atoms with E-state index in [0.29, 0.717) is 39.3 Å². The minimum absolute atomic E-state index is 0.211. The van der Waals surface area contributed by atoms with Gasteiger partial charge in [-0.1, -0.05) is 30.3 Å². The van der Waals surface area contributed by atoms with Crippen LogP contribution in [0.15, 0.2) is 79.1 Å². The number of benzene rings is 3. The summed E-state index contributed by atoms with van der Waals surface area (Å²) in [5, 5.41) is 16.9. The topological polar surface area (TPSA) is 142 Å². The van der Waals surface area contributed by atoms with E-state index in [4.69, 9.17) is 9.72 Å². The number of rotatable bonds is 9. The third kappa shape index (κ3) is 6.69. The van der Waals surface area contributed by atoms with Gasteiger partial charge in [0.1, 0.15) is 11.6 Å². The maximum atomic E-state index is 15.2. The summed E-state index contributed by atoms with van der Waals surface area (Å²) >= 11 is 0. The fourth-order valence-corrected chi connectivity index (χ4v) is 6.60. The molecule has 45 heavy (non-hydrogen) atoms. The van der Waals surface area contributed by atoms with Gasteiger partial charge in [-0.3, -0.25) is 4.72 Å². The molecule has 1 unspecified atom stereocenters. The van der Waals surface area contributed by atoms with Crippen LogP contribution in [-0.4, -0.2) is 42.5 Å². The molecular formula is C33H30FN7O3S. The summed E-state index contributed by atoms with van der Waals surface area (Å²) in [5.41, 5.74) is 2.30. The number of nitrogens with zero attached hydrogens (tertiary/aromatic N) is 4. The number of sulfonamides is 1. The van der Waals surface area contributed by atoms with E-state index in [1.54, 1.807) is 60.9 Å². The van der Waals surface area contributed by atoms with Gasteiger partial charge in [0.25, 0.3) is 0 Å². The van der Waals surface area contributed by atoms with Gasteiger partial charge in [0.2, 0.25) is 21.9 Å². The molecule has 3 N–H and O–H groups in total. The van der Waals surface area contributed by atoms with Crippen LogP contribution in [0.1, 0.15) is 29.5 Å². The lowest BCUT2D eigenvalue weighted by Crippen LogP contribution is -2.38. The molecule has 228 valence electrons. The molecule has 5 aromatic rings. The average molecular weight is 624 g/mol. The molecule has 1 aliphatic rings. The summed E-state index contributed by atoms with van der Waals surface area (Å²) in [7, 11) is -4.09. The fraction of sp³-hybridized carbons (Fsp3) is 0.212. The molecule has 0 saturated carbocycles. The molecule has 0 radical (unpaired) electrons. The molecule has 1 fully saturated rings. The first-order chi connectivity index (χ1) is 21.8. The first kappa shape index (κ1) is 29.9. The van der Waals surface area contributed by atoms with E-state index in [0.717, 1.165) is 31.5 Å². The summed E-state index contributed by atoms with van der Waals surface area (Å²) < 4.78 is 50.4. The summed E-state index contributed by atoms with van der Waals surface area (Å²) in [6.45, 7) is 3.68. The largest absolute Gasteiger partial charge is 0.437 e. The van der Waals surface area contributed by atoms with Crippen molar-refractivity contribution >= 4 is 32.4 Å². The number of nitriles is 1. The molecular weight excluding hydrogens is 593 g/mol. The van der Waals surface area contributed by atoms with Gasteiger partial charge in [0.15, 0.2) is 0 Å². The molecule has 1 aliphatic heterocycles. The van der Waals surface area contributed by atoms with Crippen molar-refractivity contribution in [2.75, 3.05) is 23.1 Å². The van der Waals surface area contributed by atoms with Crippen molar-refractivity contribution in [2.24, 2.45) is 0 Å². The third-order valence-electron chi connectivity index (χ3n) is 7.57. The number of aryl methyl sites for hydroxylation is 1. The van der Waals surface area contributed by atoms with Crippen molar-refractivity contribution in [1.82, 2.24) is 20.3 Å². The summed E-state index contributed by atoms with van der Waals surface area (Å²) in [6, 6.07) is 20.1. The molecule has 0 aliphatic carbocycles. The second-order valence-electron chi connectivity index (χ2n) is 10.8. The highest BCUT2D eigenvalue weighted by molar-refractivity contribution is 7.91. The molecule has 0 amide bonds. The zero-order valence-corrected chi connectivity index (χ0v) is 25.2. The highest BCUT2D eigenvalue weighted by Crippen LogP contribution is 2.40. The zero-order chi connectivity index (χ0) is 31.4. The molecule has 10 nitrogen and oxygen atoms in total. The number of hydrogen-bond donors (Lipinski definition) is 3. The molecule has 3 heterocycles. The van der Waals surface area contributed by atoms with Crippen molar-refractivity contribution in [3.8, 4) is 29.0 Å². The van der Waals surface area contributed by atoms with Crippen LogP contribution < -0.4 is 20.1 Å². The monoisotopic (exact) mass is 623 g/mol. The summed E-state index contributed by atoms with van der Waals surface area (Å²) in [6.07, 6.45) is 5.38. The number of anilines is 2. The standard InChI is InChI=1S/C33H30FN7O3S/c1-21-10-11-25-26(12-13-28(34)30(25)41-45(42,43)20-23-7-3-2-6-22(23)18-35)31(21)44-32-27(9-5-16-37-32)29-14-17-38-33(40-29)39-24-8-4-15-36-19-24/h2-3,5-7,9-14,16-17,24,36,41H,4,8,15,19-20H2,1H3,(H,38,39,40). The number of piperidine rings is 1. The van der Waals surface area contributed by atoms with Crippen LogP contribution in [0.25, 0.3) is 22.0 Å². The molecule has 6 rings (SSSR count). The van der Waals surface area contributed by atoms with E-state index >= 15 is 4.39 Å². The van der Waals surface area contributed by atoms with Gasteiger partial charge in [-0.25, -0.2) is 27.8 Å². The number of ether oxygens (including phenoxy) is 1. The Morgan fingerprint density at radius 3 is 2.71 bits per heavy atom. The predicted molar refractivity (Wildman–Crippen MR) is 171 cm³/mol. The van der Waals surface area contributed by atoms with Crippen LogP contribution in [0.5, 0.6) is 11.6 Å². The number of pyridine rings is 1. The van der Waals surface area contributed by atoms with Crippen molar-refractivity contribution in [2.45, 2.75) is 31.6 Å². The first-order valence-electron chi connectivity index (χ1n) is 14.4. The van der Waals surface area contributed by atoms with Gasteiger partial charge in [0.05, 0.1) is 34.3 Å². The average Bonchev–Trinajstić information content (AvgIpc) is 3.04. The number of halogens is 1. The number of nitrogens with one attached hydrogen (secondary N) is 3. The van der Waals surface area contributed by atoms with Gasteiger partial charge in [0, 0.05) is 35.8 Å². The highest BCUT2D eigenvalue weighted by Gasteiger charge is 2.22. The second-order valence-corrected chi connectivity index (χ2v) is 12.5. The molecule has 1 atom stereocenters. The van der Waals surface area contributed by atoms with Crippen LogP contribution in [0.4, 0.5) is 16.0 Å². The normalized spacial score (nSPS) is 14.9. The minimum atomic E-state index is -4.09. The molecule has 12 heteroatoms. The van der Waals surface area contributed by atoms with Crippen molar-refractivity contribution in [3.63, 3.8) is 0 Å². The quantitative estimate of drug-likeness (QED) is 0.183. The molecule has 1 saturated heterocycles. The molecule has 2 aromatic heterocycles. The maximum absolute atomic E-state index is 15.2. The van der Waals surface area contributed by atoms with Crippen LogP contribution in [0.3, 0.4) is 0 Å². The lowest BCUT2D eigenvalue weighted by molar-refractivity contribution is 0.466. The number of aromatic nitrogens is 3. The van der Waals surface area contributed by atoms with Gasteiger partial charge in [-0.2, -0.15) is 5.26 Å². The zero-order valence-electron chi connectivity index (χ0n) is 24.4. The van der Waals surface area contributed by atoms with Crippen molar-refractivity contribution < 1.29 is 17.5 Å². The summed E-state index contributed by atoms with van der Waals surface area (Å²) in [4.78, 5) is 13.6. The first-order valence-corrected chi connectivity index (χ1v) is 16.1. The highest BCUT2D eigenvalue weighted by atomic mass is 32.2. The van der Waals surface area contributed by atoms with E-state index in [1.165, 1.54) is 12.1 Å². The Labute approximate surface area is 260 Å². The van der Waals surface area contributed by atoms with Gasteiger partial charge < -0.3 is 15.4 Å². The lowest BCUT2D eigenvalue weighted by Gasteiger charge is -2.23.